The molecule has 0 saturated heterocycles. The Morgan fingerprint density at radius 1 is 0.682 bits per heavy atom. The molecule has 22 heavy (non-hydrogen) atoms. The van der Waals surface area contributed by atoms with Crippen LogP contribution in [0.15, 0.2) is 60.7 Å². The predicted octanol–water partition coefficient (Wildman–Crippen LogP) is 5.01. The zero-order valence-electron chi connectivity index (χ0n) is 13.5. The summed E-state index contributed by atoms with van der Waals surface area (Å²) in [6.07, 6.45) is -0.678. The molecule has 2 aromatic rings. The summed E-state index contributed by atoms with van der Waals surface area (Å²) >= 11 is 0. The highest BCUT2D eigenvalue weighted by atomic mass is 16.7. The van der Waals surface area contributed by atoms with Gasteiger partial charge in [-0.1, -0.05) is 60.7 Å². The maximum absolute atomic E-state index is 12.2. The van der Waals surface area contributed by atoms with Crippen molar-refractivity contribution in [2.45, 2.75) is 38.9 Å². The summed E-state index contributed by atoms with van der Waals surface area (Å²) in [4.78, 5) is 12.2. The second kappa shape index (κ2) is 6.22. The van der Waals surface area contributed by atoms with E-state index in [2.05, 4.69) is 0 Å². The Morgan fingerprint density at radius 2 is 1.00 bits per heavy atom. The summed E-state index contributed by atoms with van der Waals surface area (Å²) in [6.45, 7) is 7.39. The molecule has 0 unspecified atom stereocenters. The Labute approximate surface area is 131 Å². The lowest BCUT2D eigenvalue weighted by Crippen LogP contribution is -2.31. The molecule has 0 heterocycles. The Kier molecular flexibility index (Phi) is 4.55. The first kappa shape index (κ1) is 16.1. The molecule has 0 aliphatic heterocycles. The largest absolute Gasteiger partial charge is 0.510 e. The fourth-order valence-corrected chi connectivity index (χ4v) is 2.23. The van der Waals surface area contributed by atoms with Crippen molar-refractivity contribution in [1.29, 1.82) is 0 Å². The first-order valence-corrected chi connectivity index (χ1v) is 7.34. The van der Waals surface area contributed by atoms with Gasteiger partial charge in [0.05, 0.1) is 0 Å². The molecular formula is C19H22O3. The van der Waals surface area contributed by atoms with Crippen LogP contribution in [0.2, 0.25) is 0 Å². The number of benzene rings is 2. The van der Waals surface area contributed by atoms with E-state index in [0.29, 0.717) is 0 Å². The Balaban J connectivity index is 2.07. The third-order valence-corrected chi connectivity index (χ3v) is 3.61. The molecule has 0 aromatic heterocycles. The van der Waals surface area contributed by atoms with E-state index in [1.807, 2.05) is 88.4 Å². The van der Waals surface area contributed by atoms with Crippen molar-refractivity contribution in [3.05, 3.63) is 71.8 Å². The van der Waals surface area contributed by atoms with Gasteiger partial charge in [0.25, 0.3) is 0 Å². The van der Waals surface area contributed by atoms with Crippen molar-refractivity contribution in [2.24, 2.45) is 0 Å². The monoisotopic (exact) mass is 298 g/mol. The number of ether oxygens (including phenoxy) is 2. The summed E-state index contributed by atoms with van der Waals surface area (Å²) in [7, 11) is 0. The van der Waals surface area contributed by atoms with E-state index in [1.165, 1.54) is 0 Å². The van der Waals surface area contributed by atoms with Crippen molar-refractivity contribution < 1.29 is 14.3 Å². The van der Waals surface area contributed by atoms with Crippen LogP contribution in [-0.2, 0) is 20.7 Å². The number of carbonyl (C=O) groups excluding carboxylic acids is 1. The Hall–Kier alpha value is -2.29. The smallest absolute Gasteiger partial charge is 0.423 e. The van der Waals surface area contributed by atoms with Gasteiger partial charge in [0.1, 0.15) is 11.2 Å². The van der Waals surface area contributed by atoms with Crippen LogP contribution in [0.5, 0.6) is 0 Å². The van der Waals surface area contributed by atoms with E-state index in [0.717, 1.165) is 11.1 Å². The predicted molar refractivity (Wildman–Crippen MR) is 86.5 cm³/mol. The van der Waals surface area contributed by atoms with Gasteiger partial charge < -0.3 is 9.47 Å². The highest BCUT2D eigenvalue weighted by Gasteiger charge is 2.31. The number of hydrogen-bond donors (Lipinski definition) is 0. The molecule has 2 rings (SSSR count). The van der Waals surface area contributed by atoms with Gasteiger partial charge in [-0.3, -0.25) is 0 Å². The third kappa shape index (κ3) is 3.88. The first-order chi connectivity index (χ1) is 10.3. The van der Waals surface area contributed by atoms with Gasteiger partial charge >= 0.3 is 6.16 Å². The standard InChI is InChI=1S/C19H22O3/c1-18(2,15-11-7-5-8-12-15)21-17(20)22-19(3,4)16-13-9-6-10-14-16/h5-14H,1-4H3. The fourth-order valence-electron chi connectivity index (χ4n) is 2.23. The summed E-state index contributed by atoms with van der Waals surface area (Å²) < 4.78 is 11.0. The molecule has 3 heteroatoms. The molecule has 0 aliphatic rings. The van der Waals surface area contributed by atoms with Crippen LogP contribution in [-0.4, -0.2) is 6.16 Å². The number of carbonyl (C=O) groups is 1. The van der Waals surface area contributed by atoms with Crippen LogP contribution in [0, 0.1) is 0 Å². The molecule has 0 spiro atoms. The molecule has 2 aromatic carbocycles. The van der Waals surface area contributed by atoms with Crippen LogP contribution < -0.4 is 0 Å². The fraction of sp³-hybridized carbons (Fsp3) is 0.316. The lowest BCUT2D eigenvalue weighted by Gasteiger charge is -2.29. The van der Waals surface area contributed by atoms with Gasteiger partial charge in [0.2, 0.25) is 0 Å². The quantitative estimate of drug-likeness (QED) is 0.744. The van der Waals surface area contributed by atoms with Gasteiger partial charge in [-0.05, 0) is 38.8 Å². The highest BCUT2D eigenvalue weighted by Crippen LogP contribution is 2.29. The molecule has 0 bridgehead atoms. The first-order valence-electron chi connectivity index (χ1n) is 7.34. The van der Waals surface area contributed by atoms with E-state index in [9.17, 15) is 4.79 Å². The Morgan fingerprint density at radius 3 is 1.32 bits per heavy atom. The van der Waals surface area contributed by atoms with Gasteiger partial charge in [-0.15, -0.1) is 0 Å². The van der Waals surface area contributed by atoms with Crippen molar-refractivity contribution >= 4 is 6.16 Å². The minimum absolute atomic E-state index is 0.678. The number of hydrogen-bond acceptors (Lipinski definition) is 3. The molecule has 0 radical (unpaired) electrons. The van der Waals surface area contributed by atoms with Crippen molar-refractivity contribution in [3.63, 3.8) is 0 Å². The normalized spacial score (nSPS) is 11.8. The molecule has 0 aliphatic carbocycles. The topological polar surface area (TPSA) is 35.5 Å². The van der Waals surface area contributed by atoms with E-state index in [4.69, 9.17) is 9.47 Å². The molecule has 0 amide bonds. The lowest BCUT2D eigenvalue weighted by molar-refractivity contribution is -0.0633. The maximum atomic E-state index is 12.2. The van der Waals surface area contributed by atoms with E-state index >= 15 is 0 Å². The molecule has 0 saturated carbocycles. The van der Waals surface area contributed by atoms with Crippen LogP contribution >= 0.6 is 0 Å². The van der Waals surface area contributed by atoms with E-state index < -0.39 is 17.4 Å². The molecule has 0 N–H and O–H groups in total. The van der Waals surface area contributed by atoms with E-state index in [-0.39, 0.29) is 0 Å². The summed E-state index contributed by atoms with van der Waals surface area (Å²) in [5.41, 5.74) is 0.352. The molecule has 116 valence electrons. The molecule has 3 nitrogen and oxygen atoms in total. The molecule has 0 fully saturated rings. The van der Waals surface area contributed by atoms with Gasteiger partial charge in [-0.25, -0.2) is 4.79 Å². The zero-order valence-corrected chi connectivity index (χ0v) is 13.5. The van der Waals surface area contributed by atoms with E-state index in [1.54, 1.807) is 0 Å². The summed E-state index contributed by atoms with van der Waals surface area (Å²) in [5.74, 6) is 0. The SMILES string of the molecule is CC(C)(OC(=O)OC(C)(C)c1ccccc1)c1ccccc1. The highest BCUT2D eigenvalue weighted by molar-refractivity contribution is 5.62. The zero-order chi connectivity index (χ0) is 16.2. The van der Waals surface area contributed by atoms with Crippen molar-refractivity contribution in [2.75, 3.05) is 0 Å². The maximum Gasteiger partial charge on any atom is 0.510 e. The van der Waals surface area contributed by atoms with Crippen LogP contribution in [0.1, 0.15) is 38.8 Å². The summed E-state index contributed by atoms with van der Waals surface area (Å²) in [6, 6.07) is 19.2. The van der Waals surface area contributed by atoms with Crippen molar-refractivity contribution in [1.82, 2.24) is 0 Å². The van der Waals surface area contributed by atoms with Gasteiger partial charge in [0.15, 0.2) is 0 Å². The van der Waals surface area contributed by atoms with Crippen molar-refractivity contribution in [3.8, 4) is 0 Å². The van der Waals surface area contributed by atoms with Crippen LogP contribution in [0.4, 0.5) is 4.79 Å². The van der Waals surface area contributed by atoms with Gasteiger partial charge in [-0.2, -0.15) is 0 Å². The average molecular weight is 298 g/mol. The minimum Gasteiger partial charge on any atom is -0.423 e. The minimum atomic E-state index is -0.745. The summed E-state index contributed by atoms with van der Waals surface area (Å²) in [5, 5.41) is 0. The second-order valence-corrected chi connectivity index (χ2v) is 6.21. The van der Waals surface area contributed by atoms with Crippen LogP contribution in [0.3, 0.4) is 0 Å². The van der Waals surface area contributed by atoms with Crippen LogP contribution in [0.25, 0.3) is 0 Å². The lowest BCUT2D eigenvalue weighted by atomic mass is 9.98. The Bertz CT molecular complexity index is 560. The average Bonchev–Trinajstić information content (AvgIpc) is 2.48. The molecular weight excluding hydrogens is 276 g/mol. The van der Waals surface area contributed by atoms with Gasteiger partial charge in [0, 0.05) is 0 Å². The second-order valence-electron chi connectivity index (χ2n) is 6.21. The number of rotatable bonds is 4. The third-order valence-electron chi connectivity index (χ3n) is 3.61. The molecule has 0 atom stereocenters.